The van der Waals surface area contributed by atoms with Crippen LogP contribution in [-0.4, -0.2) is 73.7 Å². The van der Waals surface area contributed by atoms with E-state index >= 15 is 0 Å². The summed E-state index contributed by atoms with van der Waals surface area (Å²) in [4.78, 5) is 16.7. The highest BCUT2D eigenvalue weighted by Crippen LogP contribution is 2.41. The number of carbonyl (C=O) groups is 1. The van der Waals surface area contributed by atoms with Gasteiger partial charge in [-0.25, -0.2) is 0 Å². The molecule has 4 rings (SSSR count). The Morgan fingerprint density at radius 1 is 1.04 bits per heavy atom. The van der Waals surface area contributed by atoms with Crippen LogP contribution < -0.4 is 5.32 Å². The van der Waals surface area contributed by atoms with Crippen LogP contribution in [0.15, 0.2) is 30.3 Å². The van der Waals surface area contributed by atoms with Gasteiger partial charge in [0.05, 0.1) is 13.2 Å². The molecule has 1 N–H and O–H groups in total. The number of nitrogens with one attached hydrogen (secondary N) is 1. The third-order valence-corrected chi connectivity index (χ3v) is 6.06. The zero-order valence-electron chi connectivity index (χ0n) is 16.4. The Bertz CT molecular complexity index is 591. The molecule has 2 atom stereocenters. The molecule has 3 aliphatic rings. The average Bonchev–Trinajstić information content (AvgIpc) is 3.48. The molecule has 0 bridgehead atoms. The lowest BCUT2D eigenvalue weighted by molar-refractivity contribution is -0.135. The van der Waals surface area contributed by atoms with Gasteiger partial charge in [0, 0.05) is 44.1 Å². The van der Waals surface area contributed by atoms with Gasteiger partial charge in [-0.1, -0.05) is 30.3 Å². The molecule has 2 saturated heterocycles. The van der Waals surface area contributed by atoms with Crippen molar-refractivity contribution in [1.82, 2.24) is 15.1 Å². The van der Waals surface area contributed by atoms with Gasteiger partial charge in [-0.05, 0) is 37.9 Å². The lowest BCUT2D eigenvalue weighted by Gasteiger charge is -2.33. The van der Waals surface area contributed by atoms with Crippen LogP contribution in [0.25, 0.3) is 0 Å². The summed E-state index contributed by atoms with van der Waals surface area (Å²) >= 11 is 0. The fourth-order valence-electron chi connectivity index (χ4n) is 4.30. The monoisotopic (exact) mass is 429 g/mol. The zero-order chi connectivity index (χ0) is 17.8. The molecule has 1 aromatic carbocycles. The van der Waals surface area contributed by atoms with E-state index < -0.39 is 0 Å². The molecule has 28 heavy (non-hydrogen) atoms. The van der Waals surface area contributed by atoms with Crippen LogP contribution in [-0.2, 0) is 9.53 Å². The second-order valence-corrected chi connectivity index (χ2v) is 7.89. The molecule has 158 valence electrons. The van der Waals surface area contributed by atoms with Gasteiger partial charge in [0.1, 0.15) is 0 Å². The number of nitrogens with zero attached hydrogens (tertiary/aromatic N) is 2. The molecule has 1 aromatic rings. The van der Waals surface area contributed by atoms with Crippen LogP contribution in [0.3, 0.4) is 0 Å². The Labute approximate surface area is 181 Å². The minimum absolute atomic E-state index is 0. The van der Waals surface area contributed by atoms with Crippen LogP contribution in [0.4, 0.5) is 0 Å². The smallest absolute Gasteiger partial charge is 0.224 e. The fourth-order valence-corrected chi connectivity index (χ4v) is 4.30. The van der Waals surface area contributed by atoms with E-state index in [2.05, 4.69) is 40.5 Å². The number of hydrogen-bond acceptors (Lipinski definition) is 4. The van der Waals surface area contributed by atoms with Crippen LogP contribution >= 0.6 is 24.8 Å². The molecule has 0 radical (unpaired) electrons. The Kier molecular flexibility index (Phi) is 9.51. The standard InChI is InChI=1S/C21H31N3O2.2ClH/c25-21(24-12-14-26-15-13-24)8-11-23-9-6-18(7-10-23)22-20-16-19(20)17-4-2-1-3-5-17;;/h1-5,18-20,22H,6-16H2;2*1H/t19-,20+;;/m0../s1. The molecule has 2 aliphatic heterocycles. The Morgan fingerprint density at radius 3 is 2.39 bits per heavy atom. The Balaban J connectivity index is 0.00000140. The van der Waals surface area contributed by atoms with Crippen LogP contribution in [0.5, 0.6) is 0 Å². The summed E-state index contributed by atoms with van der Waals surface area (Å²) in [5, 5.41) is 3.86. The number of carbonyl (C=O) groups excluding carboxylic acids is 1. The van der Waals surface area contributed by atoms with Gasteiger partial charge in [0.15, 0.2) is 0 Å². The molecule has 0 aromatic heterocycles. The summed E-state index contributed by atoms with van der Waals surface area (Å²) in [6.45, 7) is 6.01. The maximum atomic E-state index is 12.3. The number of rotatable bonds is 6. The van der Waals surface area contributed by atoms with E-state index in [0.717, 1.165) is 32.7 Å². The first kappa shape index (κ1) is 23.4. The first-order valence-corrected chi connectivity index (χ1v) is 10.2. The summed E-state index contributed by atoms with van der Waals surface area (Å²) in [6, 6.07) is 12.2. The second kappa shape index (κ2) is 11.4. The molecular weight excluding hydrogens is 397 g/mol. The van der Waals surface area contributed by atoms with Gasteiger partial charge < -0.3 is 19.9 Å². The van der Waals surface area contributed by atoms with Crippen LogP contribution in [0, 0.1) is 0 Å². The van der Waals surface area contributed by atoms with Gasteiger partial charge >= 0.3 is 0 Å². The predicted octanol–water partition coefficient (Wildman–Crippen LogP) is 2.69. The summed E-state index contributed by atoms with van der Waals surface area (Å²) < 4.78 is 5.32. The second-order valence-electron chi connectivity index (χ2n) is 7.89. The first-order valence-electron chi connectivity index (χ1n) is 10.2. The van der Waals surface area contributed by atoms with E-state index in [1.165, 1.54) is 24.8 Å². The van der Waals surface area contributed by atoms with Gasteiger partial charge in [0.2, 0.25) is 5.91 Å². The van der Waals surface area contributed by atoms with Crippen molar-refractivity contribution in [3.8, 4) is 0 Å². The first-order chi connectivity index (χ1) is 12.8. The molecule has 1 saturated carbocycles. The predicted molar refractivity (Wildman–Crippen MR) is 117 cm³/mol. The molecule has 2 heterocycles. The number of halogens is 2. The van der Waals surface area contributed by atoms with Crippen molar-refractivity contribution in [2.75, 3.05) is 45.9 Å². The van der Waals surface area contributed by atoms with E-state index in [9.17, 15) is 4.79 Å². The quantitative estimate of drug-likeness (QED) is 0.754. The largest absolute Gasteiger partial charge is 0.378 e. The molecule has 1 amide bonds. The van der Waals surface area contributed by atoms with E-state index in [4.69, 9.17) is 4.74 Å². The lowest BCUT2D eigenvalue weighted by atomic mass is 10.0. The topological polar surface area (TPSA) is 44.8 Å². The third kappa shape index (κ3) is 6.33. The van der Waals surface area contributed by atoms with Crippen LogP contribution in [0.1, 0.15) is 37.2 Å². The minimum Gasteiger partial charge on any atom is -0.378 e. The van der Waals surface area contributed by atoms with E-state index in [1.54, 1.807) is 0 Å². The molecular formula is C21H33Cl2N3O2. The summed E-state index contributed by atoms with van der Waals surface area (Å²) in [5.74, 6) is 0.998. The van der Waals surface area contributed by atoms with Crippen molar-refractivity contribution in [1.29, 1.82) is 0 Å². The molecule has 5 nitrogen and oxygen atoms in total. The third-order valence-electron chi connectivity index (χ3n) is 6.06. The zero-order valence-corrected chi connectivity index (χ0v) is 18.1. The maximum Gasteiger partial charge on any atom is 0.224 e. The van der Waals surface area contributed by atoms with Crippen LogP contribution in [0.2, 0.25) is 0 Å². The average molecular weight is 430 g/mol. The highest BCUT2D eigenvalue weighted by Gasteiger charge is 2.39. The number of morpholine rings is 1. The molecule has 3 fully saturated rings. The number of likely N-dealkylation sites (tertiary alicyclic amines) is 1. The minimum atomic E-state index is 0. The van der Waals surface area contributed by atoms with Crippen molar-refractivity contribution in [3.63, 3.8) is 0 Å². The summed E-state index contributed by atoms with van der Waals surface area (Å²) in [5.41, 5.74) is 1.48. The molecule has 1 aliphatic carbocycles. The van der Waals surface area contributed by atoms with Crippen molar-refractivity contribution in [2.45, 2.75) is 43.7 Å². The Morgan fingerprint density at radius 2 is 1.71 bits per heavy atom. The van der Waals surface area contributed by atoms with Gasteiger partial charge in [0.25, 0.3) is 0 Å². The van der Waals surface area contributed by atoms with Gasteiger partial charge in [-0.15, -0.1) is 24.8 Å². The number of piperidine rings is 1. The molecule has 0 spiro atoms. The molecule has 7 heteroatoms. The summed E-state index contributed by atoms with van der Waals surface area (Å²) in [6.07, 6.45) is 4.32. The van der Waals surface area contributed by atoms with E-state index in [-0.39, 0.29) is 30.7 Å². The number of amides is 1. The van der Waals surface area contributed by atoms with Crippen molar-refractivity contribution >= 4 is 30.7 Å². The van der Waals surface area contributed by atoms with Crippen molar-refractivity contribution < 1.29 is 9.53 Å². The van der Waals surface area contributed by atoms with Gasteiger partial charge in [-0.2, -0.15) is 0 Å². The van der Waals surface area contributed by atoms with Gasteiger partial charge in [-0.3, -0.25) is 4.79 Å². The normalized spacial score (nSPS) is 25.5. The molecule has 0 unspecified atom stereocenters. The number of ether oxygens (including phenoxy) is 1. The highest BCUT2D eigenvalue weighted by molar-refractivity contribution is 5.85. The number of benzene rings is 1. The fraction of sp³-hybridized carbons (Fsp3) is 0.667. The summed E-state index contributed by atoms with van der Waals surface area (Å²) in [7, 11) is 0. The van der Waals surface area contributed by atoms with E-state index in [0.29, 0.717) is 37.6 Å². The lowest BCUT2D eigenvalue weighted by Crippen LogP contribution is -2.45. The maximum absolute atomic E-state index is 12.3. The van der Waals surface area contributed by atoms with E-state index in [1.807, 2.05) is 4.90 Å². The Hall–Kier alpha value is -0.850. The van der Waals surface area contributed by atoms with Crippen molar-refractivity contribution in [3.05, 3.63) is 35.9 Å². The SMILES string of the molecule is Cl.Cl.O=C(CCN1CCC(N[C@@H]2C[C@H]2c2ccccc2)CC1)N1CCOCC1. The highest BCUT2D eigenvalue weighted by atomic mass is 35.5. The van der Waals surface area contributed by atoms with Crippen molar-refractivity contribution in [2.24, 2.45) is 0 Å². The number of hydrogen-bond donors (Lipinski definition) is 1.